The highest BCUT2D eigenvalue weighted by molar-refractivity contribution is 5.83. The van der Waals surface area contributed by atoms with Crippen molar-refractivity contribution in [1.82, 2.24) is 9.97 Å². The molecule has 1 aromatic heterocycles. The van der Waals surface area contributed by atoms with Crippen molar-refractivity contribution in [2.75, 3.05) is 5.73 Å². The topological polar surface area (TPSA) is 91.9 Å². The smallest absolute Gasteiger partial charge is 0.220 e. The van der Waals surface area contributed by atoms with E-state index in [9.17, 15) is 9.90 Å². The second kappa shape index (κ2) is 2.30. The van der Waals surface area contributed by atoms with Gasteiger partial charge >= 0.3 is 0 Å². The maximum Gasteiger partial charge on any atom is 0.220 e. The van der Waals surface area contributed by atoms with Crippen molar-refractivity contribution in [2.45, 2.75) is 0 Å². The molecule has 0 amide bonds. The molecule has 1 heterocycles. The summed E-state index contributed by atoms with van der Waals surface area (Å²) < 4.78 is 0. The average molecular weight is 138 g/mol. The van der Waals surface area contributed by atoms with Gasteiger partial charge in [-0.05, 0) is 6.07 Å². The molecule has 10 heavy (non-hydrogen) atoms. The molecule has 0 aliphatic heterocycles. The van der Waals surface area contributed by atoms with Gasteiger partial charge in [0.2, 0.25) is 5.95 Å². The first-order chi connectivity index (χ1) is 4.70. The van der Waals surface area contributed by atoms with E-state index in [1.165, 1.54) is 12.3 Å². The quantitative estimate of drug-likeness (QED) is 0.505. The number of carboxylic acids is 1. The van der Waals surface area contributed by atoms with Crippen LogP contribution in [0.4, 0.5) is 5.95 Å². The van der Waals surface area contributed by atoms with E-state index < -0.39 is 5.97 Å². The minimum absolute atomic E-state index is 0.0679. The van der Waals surface area contributed by atoms with E-state index in [2.05, 4.69) is 9.97 Å². The number of carbonyl (C=O) groups excluding carboxylic acids is 1. The molecule has 0 atom stereocenters. The molecule has 0 bridgehead atoms. The van der Waals surface area contributed by atoms with Gasteiger partial charge in [-0.25, -0.2) is 9.97 Å². The lowest BCUT2D eigenvalue weighted by Crippen LogP contribution is -2.23. The third-order valence-corrected chi connectivity index (χ3v) is 0.883. The second-order valence-corrected chi connectivity index (χ2v) is 1.59. The summed E-state index contributed by atoms with van der Waals surface area (Å²) in [5, 5.41) is 10.1. The lowest BCUT2D eigenvalue weighted by molar-refractivity contribution is -0.255. The molecule has 1 rings (SSSR count). The number of anilines is 1. The molecule has 0 aliphatic carbocycles. The van der Waals surface area contributed by atoms with Crippen LogP contribution in [0.2, 0.25) is 0 Å². The van der Waals surface area contributed by atoms with Gasteiger partial charge in [-0.15, -0.1) is 0 Å². The van der Waals surface area contributed by atoms with Gasteiger partial charge in [-0.2, -0.15) is 0 Å². The molecule has 0 aromatic carbocycles. The Kier molecular flexibility index (Phi) is 1.49. The van der Waals surface area contributed by atoms with Crippen LogP contribution >= 0.6 is 0 Å². The summed E-state index contributed by atoms with van der Waals surface area (Å²) in [6.45, 7) is 0. The molecule has 5 heteroatoms. The molecular formula is C5H4N3O2-. The van der Waals surface area contributed by atoms with Crippen molar-refractivity contribution in [1.29, 1.82) is 0 Å². The number of aromatic nitrogens is 2. The Morgan fingerprint density at radius 2 is 2.40 bits per heavy atom. The predicted molar refractivity (Wildman–Crippen MR) is 30.8 cm³/mol. The highest BCUT2D eigenvalue weighted by Crippen LogP contribution is 1.93. The van der Waals surface area contributed by atoms with Gasteiger partial charge in [0.05, 0.1) is 11.7 Å². The minimum atomic E-state index is -1.35. The first-order valence-electron chi connectivity index (χ1n) is 2.50. The van der Waals surface area contributed by atoms with E-state index in [1.54, 1.807) is 0 Å². The number of rotatable bonds is 1. The normalized spacial score (nSPS) is 9.20. The highest BCUT2D eigenvalue weighted by atomic mass is 16.4. The monoisotopic (exact) mass is 138 g/mol. The Morgan fingerprint density at radius 1 is 1.70 bits per heavy atom. The molecule has 5 nitrogen and oxygen atoms in total. The van der Waals surface area contributed by atoms with Gasteiger partial charge in [0.25, 0.3) is 0 Å². The molecular weight excluding hydrogens is 134 g/mol. The predicted octanol–water partition coefficient (Wildman–Crippen LogP) is -1.58. The van der Waals surface area contributed by atoms with E-state index in [1.807, 2.05) is 0 Å². The van der Waals surface area contributed by atoms with E-state index in [-0.39, 0.29) is 11.6 Å². The zero-order valence-electron chi connectivity index (χ0n) is 4.94. The fraction of sp³-hybridized carbons (Fsp3) is 0. The van der Waals surface area contributed by atoms with Gasteiger partial charge in [0.15, 0.2) is 0 Å². The van der Waals surface area contributed by atoms with Crippen LogP contribution in [0.1, 0.15) is 10.5 Å². The Labute approximate surface area is 56.5 Å². The largest absolute Gasteiger partial charge is 0.543 e. The molecule has 0 saturated heterocycles. The Hall–Kier alpha value is -1.65. The lowest BCUT2D eigenvalue weighted by Gasteiger charge is -1.98. The molecule has 2 N–H and O–H groups in total. The Balaban J connectivity index is 3.07. The van der Waals surface area contributed by atoms with Crippen molar-refractivity contribution >= 4 is 11.9 Å². The molecule has 0 unspecified atom stereocenters. The van der Waals surface area contributed by atoms with Gasteiger partial charge in [0, 0.05) is 6.20 Å². The van der Waals surface area contributed by atoms with Gasteiger partial charge in [-0.3, -0.25) is 0 Å². The molecule has 0 saturated carbocycles. The fourth-order valence-electron chi connectivity index (χ4n) is 0.487. The zero-order valence-corrected chi connectivity index (χ0v) is 4.94. The van der Waals surface area contributed by atoms with Gasteiger partial charge in [0.1, 0.15) is 0 Å². The summed E-state index contributed by atoms with van der Waals surface area (Å²) in [6.07, 6.45) is 1.26. The van der Waals surface area contributed by atoms with Crippen LogP contribution in [0, 0.1) is 0 Å². The Morgan fingerprint density at radius 3 is 2.80 bits per heavy atom. The summed E-state index contributed by atoms with van der Waals surface area (Å²) in [7, 11) is 0. The SMILES string of the molecule is Nc1nccc(C(=O)[O-])n1. The number of carbonyl (C=O) groups is 1. The van der Waals surface area contributed by atoms with Crippen LogP contribution in [-0.4, -0.2) is 15.9 Å². The summed E-state index contributed by atoms with van der Waals surface area (Å²) in [6, 6.07) is 1.21. The first kappa shape index (κ1) is 6.47. The van der Waals surface area contributed by atoms with Gasteiger partial charge in [-0.1, -0.05) is 0 Å². The number of nitrogen functional groups attached to an aromatic ring is 1. The maximum atomic E-state index is 10.1. The fourth-order valence-corrected chi connectivity index (χ4v) is 0.487. The van der Waals surface area contributed by atoms with E-state index in [0.29, 0.717) is 0 Å². The number of hydrogen-bond acceptors (Lipinski definition) is 5. The standard InChI is InChI=1S/C5H5N3O2/c6-5-7-2-1-3(8-5)4(9)10/h1-2H,(H,9,10)(H2,6,7,8)/p-1. The summed E-state index contributed by atoms with van der Waals surface area (Å²) in [5.74, 6) is -1.42. The van der Waals surface area contributed by atoms with Crippen LogP contribution in [-0.2, 0) is 0 Å². The molecule has 1 aromatic rings. The van der Waals surface area contributed by atoms with Crippen molar-refractivity contribution in [3.05, 3.63) is 18.0 Å². The lowest BCUT2D eigenvalue weighted by atomic mass is 10.4. The molecule has 0 spiro atoms. The highest BCUT2D eigenvalue weighted by Gasteiger charge is 1.93. The van der Waals surface area contributed by atoms with E-state index in [0.717, 1.165) is 0 Å². The zero-order chi connectivity index (χ0) is 7.56. The minimum Gasteiger partial charge on any atom is -0.543 e. The third kappa shape index (κ3) is 1.19. The first-order valence-corrected chi connectivity index (χ1v) is 2.50. The summed E-state index contributed by atoms with van der Waals surface area (Å²) >= 11 is 0. The number of nitrogens with zero attached hydrogens (tertiary/aromatic N) is 2. The van der Waals surface area contributed by atoms with E-state index in [4.69, 9.17) is 5.73 Å². The third-order valence-electron chi connectivity index (χ3n) is 0.883. The summed E-state index contributed by atoms with van der Waals surface area (Å²) in [5.41, 5.74) is 4.88. The number of carboxylic acid groups (broad SMARTS) is 1. The van der Waals surface area contributed by atoms with Crippen LogP contribution in [0.5, 0.6) is 0 Å². The van der Waals surface area contributed by atoms with Crippen LogP contribution < -0.4 is 10.8 Å². The van der Waals surface area contributed by atoms with E-state index >= 15 is 0 Å². The Bertz CT molecular complexity index is 261. The van der Waals surface area contributed by atoms with Crippen molar-refractivity contribution in [3.8, 4) is 0 Å². The summed E-state index contributed by atoms with van der Waals surface area (Å²) in [4.78, 5) is 17.0. The van der Waals surface area contributed by atoms with Crippen molar-refractivity contribution < 1.29 is 9.90 Å². The van der Waals surface area contributed by atoms with Crippen molar-refractivity contribution in [3.63, 3.8) is 0 Å². The van der Waals surface area contributed by atoms with Crippen LogP contribution in [0.15, 0.2) is 12.3 Å². The number of hydrogen-bond donors (Lipinski definition) is 1. The number of nitrogens with two attached hydrogens (primary N) is 1. The molecule has 52 valence electrons. The van der Waals surface area contributed by atoms with Crippen molar-refractivity contribution in [2.24, 2.45) is 0 Å². The maximum absolute atomic E-state index is 10.1. The molecule has 0 fully saturated rings. The van der Waals surface area contributed by atoms with Gasteiger partial charge < -0.3 is 15.6 Å². The second-order valence-electron chi connectivity index (χ2n) is 1.59. The molecule has 0 aliphatic rings. The number of aromatic carboxylic acids is 1. The molecule has 0 radical (unpaired) electrons. The van der Waals surface area contributed by atoms with Crippen LogP contribution in [0.25, 0.3) is 0 Å². The average Bonchev–Trinajstić information content (AvgIpc) is 1.88. The van der Waals surface area contributed by atoms with Crippen LogP contribution in [0.3, 0.4) is 0 Å².